The Labute approximate surface area is 720 Å². The first-order valence-electron chi connectivity index (χ1n) is 44.6. The molecule has 0 aromatic carbocycles. The van der Waals surface area contributed by atoms with Crippen molar-refractivity contribution in [2.45, 2.75) is 439 Å². The van der Waals surface area contributed by atoms with Crippen LogP contribution in [0.1, 0.15) is 418 Å². The number of nitrogens with one attached hydrogen (secondary N) is 4. The summed E-state index contributed by atoms with van der Waals surface area (Å²) in [6.07, 6.45) is 57.3. The van der Waals surface area contributed by atoms with Gasteiger partial charge in [0.05, 0.1) is 64.9 Å². The van der Waals surface area contributed by atoms with Gasteiger partial charge in [0.15, 0.2) is 0 Å². The van der Waals surface area contributed by atoms with Crippen LogP contribution in [0, 0.1) is 11.8 Å². The summed E-state index contributed by atoms with van der Waals surface area (Å²) in [5, 5.41) is 10.9. The summed E-state index contributed by atoms with van der Waals surface area (Å²) in [6, 6.07) is -2.33. The molecule has 0 radical (unpaired) electrons. The molecule has 0 fully saturated rings. The number of esters is 2. The minimum atomic E-state index is -4.71. The third-order valence-electron chi connectivity index (χ3n) is 19.9. The molecule has 21 nitrogen and oxygen atoms in total. The molecule has 0 aromatic rings. The molecular weight excluding hydrogens is 1460 g/mol. The molecule has 4 amide bonds. The van der Waals surface area contributed by atoms with Gasteiger partial charge in [0.2, 0.25) is 11.8 Å². The van der Waals surface area contributed by atoms with Crippen molar-refractivity contribution >= 4 is 45.4 Å². The van der Waals surface area contributed by atoms with Crippen molar-refractivity contribution in [2.75, 3.05) is 65.9 Å². The number of hydrogen-bond acceptors (Lipinski definition) is 15. The summed E-state index contributed by atoms with van der Waals surface area (Å²) < 4.78 is 71.8. The van der Waals surface area contributed by atoms with Crippen LogP contribution in [0.3, 0.4) is 0 Å². The van der Waals surface area contributed by atoms with E-state index in [2.05, 4.69) is 76.7 Å². The molecule has 6 N–H and O–H groups in total. The zero-order valence-electron chi connectivity index (χ0n) is 74.5. The standard InChI is InChI=1S/C85H168N4O17P2.2Na.2H/c1-9-13-17-21-23-27-37-45-53-61-83(92)105-79(57-49-39-19-15-11-3)63-67-99-71-77(88-81(90)59-51-43-35-31-25-29-33-41-47-55-75(5)6)73-103-107(95,96)101-69-65-86-85(94)87-66-70-102-108(97,98)104-74-78(89-82(91)60-52-44-36-32-26-30-34-42-48-56-76(7)8)72-100-68-64-80(58-50-40-20-16-12-4)106-84(93)62-54-46-38-28-24-22-18-14-10-2;;;;/h75-80H,9-74H2,1-8H3,(H,88,90)(H,89,91)(H,95,96)(H,97,98)(H2,86,87,94);;;;/q;2*+1;2*-1/t77-,78-,79-,80-;;;;/m1..../s1. The van der Waals surface area contributed by atoms with Gasteiger partial charge >= 0.3 is 92.7 Å². The second-order valence-electron chi connectivity index (χ2n) is 31.6. The summed E-state index contributed by atoms with van der Waals surface area (Å²) in [4.78, 5) is 86.9. The third kappa shape index (κ3) is 82.4. The molecule has 0 rings (SSSR count). The Morgan fingerprint density at radius 2 is 0.573 bits per heavy atom. The van der Waals surface area contributed by atoms with E-state index in [9.17, 15) is 42.9 Å². The van der Waals surface area contributed by atoms with E-state index >= 15 is 0 Å². The molecule has 2 unspecified atom stereocenters. The molecule has 6 atom stereocenters. The van der Waals surface area contributed by atoms with Crippen molar-refractivity contribution in [2.24, 2.45) is 11.8 Å². The van der Waals surface area contributed by atoms with Crippen molar-refractivity contribution in [3.63, 3.8) is 0 Å². The number of hydrogen-bond donors (Lipinski definition) is 6. The van der Waals surface area contributed by atoms with Crippen LogP contribution in [0.2, 0.25) is 0 Å². The molecule has 0 aromatic heterocycles. The number of ether oxygens (including phenoxy) is 4. The predicted octanol–water partition coefficient (Wildman–Crippen LogP) is 16.8. The van der Waals surface area contributed by atoms with Crippen molar-refractivity contribution in [1.29, 1.82) is 0 Å². The first-order chi connectivity index (χ1) is 52.2. The topological polar surface area (TPSA) is 282 Å². The van der Waals surface area contributed by atoms with Crippen molar-refractivity contribution < 1.29 is 142 Å². The fourth-order valence-corrected chi connectivity index (χ4v) is 14.7. The van der Waals surface area contributed by atoms with E-state index in [0.717, 1.165) is 166 Å². The van der Waals surface area contributed by atoms with Crippen LogP contribution >= 0.6 is 15.6 Å². The van der Waals surface area contributed by atoms with Crippen LogP contribution in [-0.4, -0.2) is 130 Å². The Bertz CT molecular complexity index is 2050. The molecule has 0 spiro atoms. The minimum Gasteiger partial charge on any atom is -1.00 e. The maximum absolute atomic E-state index is 13.3. The van der Waals surface area contributed by atoms with E-state index in [1.165, 1.54) is 154 Å². The Hall–Kier alpha value is -0.710. The summed E-state index contributed by atoms with van der Waals surface area (Å²) in [7, 11) is -9.41. The van der Waals surface area contributed by atoms with E-state index in [0.29, 0.717) is 38.5 Å². The maximum Gasteiger partial charge on any atom is 1.00 e. The third-order valence-corrected chi connectivity index (χ3v) is 21.9. The molecule has 644 valence electrons. The Morgan fingerprint density at radius 1 is 0.318 bits per heavy atom. The molecule has 0 heterocycles. The van der Waals surface area contributed by atoms with Gasteiger partial charge in [-0.15, -0.1) is 0 Å². The SMILES string of the molecule is CCCCCCCCCCCC(=O)O[C@H](CCCCCCC)CCOC[C@H](COP(=O)(O)OCCNC(=O)NCCOP(=O)(O)OC[C@@H](COCC[C@@H](CCCCCCC)OC(=O)CCCCCCCCCCC)NC(=O)CCCCCCCCCCCC(C)C)NC(=O)CCCCCCCCCCCC(C)C.[H-].[H-].[Na+].[Na+]. The first-order valence-corrected chi connectivity index (χ1v) is 47.6. The van der Waals surface area contributed by atoms with Crippen LogP contribution < -0.4 is 80.4 Å². The molecular formula is C85H170N4Na2O17P2. The van der Waals surface area contributed by atoms with Gasteiger partial charge in [-0.2, -0.15) is 0 Å². The van der Waals surface area contributed by atoms with E-state index in [1.54, 1.807) is 0 Å². The molecule has 0 saturated carbocycles. The van der Waals surface area contributed by atoms with E-state index < -0.39 is 60.2 Å². The first kappa shape index (κ1) is 113. The number of urea groups is 1. The number of unbranched alkanes of at least 4 members (excludes halogenated alkanes) is 40. The second-order valence-corrected chi connectivity index (χ2v) is 34.6. The number of phosphoric ester groups is 2. The van der Waals surface area contributed by atoms with Crippen LogP contribution in [0.5, 0.6) is 0 Å². The molecule has 110 heavy (non-hydrogen) atoms. The average Bonchev–Trinajstić information content (AvgIpc) is 0.910. The zero-order valence-corrected chi connectivity index (χ0v) is 78.3. The minimum absolute atomic E-state index is 0. The van der Waals surface area contributed by atoms with E-state index in [-0.39, 0.29) is 150 Å². The number of carbonyl (C=O) groups is 5. The van der Waals surface area contributed by atoms with Crippen molar-refractivity contribution in [1.82, 2.24) is 21.3 Å². The molecule has 0 saturated heterocycles. The number of carbonyl (C=O) groups excluding carboxylic acids is 5. The van der Waals surface area contributed by atoms with Gasteiger partial charge in [-0.3, -0.25) is 37.3 Å². The monoisotopic (exact) mass is 1630 g/mol. The molecule has 0 bridgehead atoms. The Kier molecular flexibility index (Phi) is 86.0. The summed E-state index contributed by atoms with van der Waals surface area (Å²) in [5.41, 5.74) is 0. The van der Waals surface area contributed by atoms with Gasteiger partial charge in [0.1, 0.15) is 12.2 Å². The Morgan fingerprint density at radius 3 is 0.855 bits per heavy atom. The van der Waals surface area contributed by atoms with Crippen LogP contribution in [0.25, 0.3) is 0 Å². The van der Waals surface area contributed by atoms with Crippen LogP contribution in [-0.2, 0) is 65.4 Å². The predicted molar refractivity (Wildman–Crippen MR) is 443 cm³/mol. The molecule has 0 aliphatic rings. The Balaban J connectivity index is -0.00000954. The number of rotatable bonds is 84. The van der Waals surface area contributed by atoms with Gasteiger partial charge in [0, 0.05) is 51.6 Å². The average molecular weight is 1630 g/mol. The number of amides is 4. The summed E-state index contributed by atoms with van der Waals surface area (Å²) >= 11 is 0. The van der Waals surface area contributed by atoms with Gasteiger partial charge in [-0.1, -0.05) is 325 Å². The zero-order chi connectivity index (χ0) is 79.5. The quantitative estimate of drug-likeness (QED) is 0.0143. The smallest absolute Gasteiger partial charge is 1.00 e. The normalized spacial score (nSPS) is 13.7. The second kappa shape index (κ2) is 83.4. The largest absolute Gasteiger partial charge is 1.00 e. The van der Waals surface area contributed by atoms with Gasteiger partial charge < -0.3 is 52.9 Å². The van der Waals surface area contributed by atoms with Gasteiger partial charge in [-0.05, 0) is 63.2 Å². The fraction of sp³-hybridized carbons (Fsp3) is 0.941. The molecule has 0 aliphatic heterocycles. The van der Waals surface area contributed by atoms with Crippen LogP contribution in [0.4, 0.5) is 4.79 Å². The fourth-order valence-electron chi connectivity index (χ4n) is 13.2. The molecule has 25 heteroatoms. The maximum atomic E-state index is 13.3. The summed E-state index contributed by atoms with van der Waals surface area (Å²) in [6.45, 7) is 16.2. The number of phosphoric acid groups is 2. The van der Waals surface area contributed by atoms with Gasteiger partial charge in [-0.25, -0.2) is 13.9 Å². The molecule has 0 aliphatic carbocycles. The van der Waals surface area contributed by atoms with Crippen molar-refractivity contribution in [3.05, 3.63) is 0 Å². The van der Waals surface area contributed by atoms with E-state index in [4.69, 9.17) is 37.0 Å². The van der Waals surface area contributed by atoms with Gasteiger partial charge in [0.25, 0.3) is 0 Å². The van der Waals surface area contributed by atoms with Crippen molar-refractivity contribution in [3.8, 4) is 0 Å². The van der Waals surface area contributed by atoms with E-state index in [1.807, 2.05) is 0 Å². The summed E-state index contributed by atoms with van der Waals surface area (Å²) in [5.74, 6) is 0.641. The van der Waals surface area contributed by atoms with Crippen LogP contribution in [0.15, 0.2) is 0 Å².